The largest absolute Gasteiger partial charge is 0.376 e. The van der Waals surface area contributed by atoms with Crippen LogP contribution < -0.4 is 5.73 Å². The minimum absolute atomic E-state index is 0.103. The van der Waals surface area contributed by atoms with Crippen molar-refractivity contribution in [1.82, 2.24) is 10.1 Å². The van der Waals surface area contributed by atoms with Crippen molar-refractivity contribution in [3.63, 3.8) is 0 Å². The van der Waals surface area contributed by atoms with E-state index in [2.05, 4.69) is 10.1 Å². The first-order chi connectivity index (χ1) is 9.87. The fourth-order valence-electron chi connectivity index (χ4n) is 1.78. The van der Waals surface area contributed by atoms with E-state index in [1.54, 1.807) is 0 Å². The van der Waals surface area contributed by atoms with E-state index in [0.717, 1.165) is 5.56 Å². The van der Waals surface area contributed by atoms with Crippen LogP contribution in [0.5, 0.6) is 0 Å². The van der Waals surface area contributed by atoms with Crippen molar-refractivity contribution in [2.75, 3.05) is 6.61 Å². The van der Waals surface area contributed by atoms with E-state index in [9.17, 15) is 0 Å². The summed E-state index contributed by atoms with van der Waals surface area (Å²) in [6, 6.07) is 7.54. The van der Waals surface area contributed by atoms with Gasteiger partial charge in [0.25, 0.3) is 0 Å². The first-order valence-corrected chi connectivity index (χ1v) is 7.22. The third-order valence-electron chi connectivity index (χ3n) is 2.94. The smallest absolute Gasteiger partial charge is 0.231 e. The zero-order valence-electron chi connectivity index (χ0n) is 12.5. The van der Waals surface area contributed by atoms with Crippen molar-refractivity contribution in [1.29, 1.82) is 0 Å². The van der Waals surface area contributed by atoms with E-state index in [1.165, 1.54) is 0 Å². The SMILES string of the molecule is CC(C)OCC(C)(N)c1noc(Cc2cccc(Cl)c2)n1. The van der Waals surface area contributed by atoms with Gasteiger partial charge in [0.2, 0.25) is 5.89 Å². The normalized spacial score (nSPS) is 14.4. The zero-order chi connectivity index (χ0) is 15.5. The molecule has 5 nitrogen and oxygen atoms in total. The molecule has 1 atom stereocenters. The fourth-order valence-corrected chi connectivity index (χ4v) is 2.00. The standard InChI is InChI=1S/C15H20ClN3O2/c1-10(2)20-9-15(3,17)14-18-13(21-19-14)8-11-5-4-6-12(16)7-11/h4-7,10H,8-9,17H2,1-3H3. The Morgan fingerprint density at radius 1 is 1.43 bits per heavy atom. The number of hydrogen-bond acceptors (Lipinski definition) is 5. The molecule has 0 radical (unpaired) electrons. The molecular weight excluding hydrogens is 290 g/mol. The first-order valence-electron chi connectivity index (χ1n) is 6.85. The monoisotopic (exact) mass is 309 g/mol. The Morgan fingerprint density at radius 3 is 2.86 bits per heavy atom. The van der Waals surface area contributed by atoms with E-state index in [0.29, 0.717) is 29.8 Å². The van der Waals surface area contributed by atoms with Crippen LogP contribution in [0.15, 0.2) is 28.8 Å². The summed E-state index contributed by atoms with van der Waals surface area (Å²) in [6.45, 7) is 6.07. The van der Waals surface area contributed by atoms with Gasteiger partial charge in [-0.1, -0.05) is 28.9 Å². The lowest BCUT2D eigenvalue weighted by Gasteiger charge is -2.21. The van der Waals surface area contributed by atoms with Crippen LogP contribution in [-0.4, -0.2) is 22.9 Å². The summed E-state index contributed by atoms with van der Waals surface area (Å²) >= 11 is 5.96. The van der Waals surface area contributed by atoms with Gasteiger partial charge in [0.1, 0.15) is 5.54 Å². The highest BCUT2D eigenvalue weighted by molar-refractivity contribution is 6.30. The Kier molecular flexibility index (Phi) is 4.98. The third-order valence-corrected chi connectivity index (χ3v) is 3.17. The molecule has 0 saturated carbocycles. The molecule has 2 aromatic rings. The molecule has 0 aliphatic rings. The summed E-state index contributed by atoms with van der Waals surface area (Å²) in [5.74, 6) is 0.952. The predicted octanol–water partition coefficient (Wildman–Crippen LogP) is 2.91. The molecule has 21 heavy (non-hydrogen) atoms. The molecule has 0 amide bonds. The lowest BCUT2D eigenvalue weighted by atomic mass is 10.1. The number of rotatable bonds is 6. The second-order valence-corrected chi connectivity index (χ2v) is 6.03. The molecule has 0 aliphatic heterocycles. The molecule has 0 fully saturated rings. The third kappa shape index (κ3) is 4.52. The second kappa shape index (κ2) is 6.56. The number of nitrogens with two attached hydrogens (primary N) is 1. The van der Waals surface area contributed by atoms with Crippen LogP contribution in [0, 0.1) is 0 Å². The fraction of sp³-hybridized carbons (Fsp3) is 0.467. The number of hydrogen-bond donors (Lipinski definition) is 1. The quantitative estimate of drug-likeness (QED) is 0.888. The summed E-state index contributed by atoms with van der Waals surface area (Å²) in [7, 11) is 0. The Bertz CT molecular complexity index is 596. The van der Waals surface area contributed by atoms with Crippen molar-refractivity contribution >= 4 is 11.6 Å². The van der Waals surface area contributed by atoms with Crippen molar-refractivity contribution in [2.24, 2.45) is 5.73 Å². The molecule has 0 aliphatic carbocycles. The molecule has 1 unspecified atom stereocenters. The maximum absolute atomic E-state index is 6.19. The minimum Gasteiger partial charge on any atom is -0.376 e. The van der Waals surface area contributed by atoms with Gasteiger partial charge in [0.15, 0.2) is 5.82 Å². The van der Waals surface area contributed by atoms with Gasteiger partial charge in [-0.25, -0.2) is 0 Å². The maximum Gasteiger partial charge on any atom is 0.231 e. The molecule has 2 rings (SSSR count). The van der Waals surface area contributed by atoms with Gasteiger partial charge in [0, 0.05) is 5.02 Å². The lowest BCUT2D eigenvalue weighted by molar-refractivity contribution is 0.0410. The van der Waals surface area contributed by atoms with Crippen molar-refractivity contribution in [2.45, 2.75) is 38.8 Å². The Balaban J connectivity index is 2.07. The highest BCUT2D eigenvalue weighted by Crippen LogP contribution is 2.18. The minimum atomic E-state index is -0.777. The van der Waals surface area contributed by atoms with E-state index < -0.39 is 5.54 Å². The van der Waals surface area contributed by atoms with Gasteiger partial charge in [-0.15, -0.1) is 0 Å². The highest BCUT2D eigenvalue weighted by Gasteiger charge is 2.28. The lowest BCUT2D eigenvalue weighted by Crippen LogP contribution is -2.40. The van der Waals surface area contributed by atoms with E-state index in [-0.39, 0.29) is 6.10 Å². The average molecular weight is 310 g/mol. The zero-order valence-corrected chi connectivity index (χ0v) is 13.2. The number of halogens is 1. The molecule has 0 bridgehead atoms. The molecule has 2 N–H and O–H groups in total. The molecule has 0 spiro atoms. The summed E-state index contributed by atoms with van der Waals surface area (Å²) in [5.41, 5.74) is 6.42. The van der Waals surface area contributed by atoms with Gasteiger partial charge in [-0.3, -0.25) is 0 Å². The van der Waals surface area contributed by atoms with Crippen LogP contribution in [0.3, 0.4) is 0 Å². The van der Waals surface area contributed by atoms with Gasteiger partial charge < -0.3 is 15.0 Å². The Morgan fingerprint density at radius 2 is 2.19 bits per heavy atom. The molecule has 0 saturated heterocycles. The Hall–Kier alpha value is -1.43. The van der Waals surface area contributed by atoms with Gasteiger partial charge in [0.05, 0.1) is 19.1 Å². The van der Waals surface area contributed by atoms with Crippen LogP contribution in [0.25, 0.3) is 0 Å². The summed E-state index contributed by atoms with van der Waals surface area (Å²) < 4.78 is 10.8. The van der Waals surface area contributed by atoms with Crippen molar-refractivity contribution < 1.29 is 9.26 Å². The topological polar surface area (TPSA) is 74.2 Å². The van der Waals surface area contributed by atoms with Gasteiger partial charge in [-0.2, -0.15) is 4.98 Å². The van der Waals surface area contributed by atoms with Crippen LogP contribution in [0.1, 0.15) is 38.0 Å². The maximum atomic E-state index is 6.19. The summed E-state index contributed by atoms with van der Waals surface area (Å²) in [5, 5.41) is 4.64. The molecule has 1 aromatic heterocycles. The number of nitrogens with zero attached hydrogens (tertiary/aromatic N) is 2. The van der Waals surface area contributed by atoms with Crippen molar-refractivity contribution in [3.05, 3.63) is 46.6 Å². The number of ether oxygens (including phenoxy) is 1. The molecular formula is C15H20ClN3O2. The number of benzene rings is 1. The molecule has 114 valence electrons. The van der Waals surface area contributed by atoms with E-state index in [1.807, 2.05) is 45.0 Å². The van der Waals surface area contributed by atoms with E-state index in [4.69, 9.17) is 26.6 Å². The molecule has 6 heteroatoms. The predicted molar refractivity (Wildman–Crippen MR) is 81.2 cm³/mol. The summed E-state index contributed by atoms with van der Waals surface area (Å²) in [6.07, 6.45) is 0.625. The average Bonchev–Trinajstić information content (AvgIpc) is 2.86. The molecule has 1 heterocycles. The highest BCUT2D eigenvalue weighted by atomic mass is 35.5. The number of aromatic nitrogens is 2. The van der Waals surface area contributed by atoms with Gasteiger partial charge in [-0.05, 0) is 38.5 Å². The van der Waals surface area contributed by atoms with Crippen LogP contribution in [-0.2, 0) is 16.7 Å². The van der Waals surface area contributed by atoms with Gasteiger partial charge >= 0.3 is 0 Å². The molecule has 1 aromatic carbocycles. The first kappa shape index (κ1) is 15.9. The second-order valence-electron chi connectivity index (χ2n) is 5.60. The Labute approximate surface area is 129 Å². The van der Waals surface area contributed by atoms with Crippen LogP contribution >= 0.6 is 11.6 Å². The van der Waals surface area contributed by atoms with Crippen LogP contribution in [0.4, 0.5) is 0 Å². The van der Waals surface area contributed by atoms with E-state index >= 15 is 0 Å². The summed E-state index contributed by atoms with van der Waals surface area (Å²) in [4.78, 5) is 4.36. The van der Waals surface area contributed by atoms with Crippen LogP contribution in [0.2, 0.25) is 5.02 Å². The van der Waals surface area contributed by atoms with Crippen molar-refractivity contribution in [3.8, 4) is 0 Å².